The fourth-order valence-corrected chi connectivity index (χ4v) is 2.44. The lowest BCUT2D eigenvalue weighted by molar-refractivity contribution is 0.185. The van der Waals surface area contributed by atoms with Crippen molar-refractivity contribution in [1.29, 1.82) is 0 Å². The van der Waals surface area contributed by atoms with Crippen molar-refractivity contribution >= 4 is 17.1 Å². The number of H-pyrrole nitrogens is 1. The maximum absolute atomic E-state index is 12.1. The fraction of sp³-hybridized carbons (Fsp3) is 0.583. The lowest BCUT2D eigenvalue weighted by Crippen LogP contribution is -2.36. The van der Waals surface area contributed by atoms with E-state index in [-0.39, 0.29) is 11.1 Å². The summed E-state index contributed by atoms with van der Waals surface area (Å²) >= 11 is 0. The minimum absolute atomic E-state index is 0.210. The molecule has 1 aliphatic heterocycles. The number of nitrogens with zero attached hydrogens (tertiary/aromatic N) is 3. The highest BCUT2D eigenvalue weighted by Crippen LogP contribution is 2.22. The van der Waals surface area contributed by atoms with Gasteiger partial charge in [0.2, 0.25) is 5.95 Å². The van der Waals surface area contributed by atoms with E-state index in [0.29, 0.717) is 30.3 Å². The van der Waals surface area contributed by atoms with Gasteiger partial charge in [-0.1, -0.05) is 0 Å². The van der Waals surface area contributed by atoms with Crippen molar-refractivity contribution < 1.29 is 4.74 Å². The van der Waals surface area contributed by atoms with Gasteiger partial charge in [0.25, 0.3) is 5.56 Å². The third-order valence-electron chi connectivity index (χ3n) is 3.73. The molecule has 3 rings (SSSR count). The number of ether oxygens (including phenoxy) is 1. The lowest BCUT2D eigenvalue weighted by atomic mass is 10.0. The van der Waals surface area contributed by atoms with Crippen molar-refractivity contribution in [2.24, 2.45) is 14.1 Å². The van der Waals surface area contributed by atoms with Gasteiger partial charge in [-0.2, -0.15) is 4.98 Å². The van der Waals surface area contributed by atoms with Gasteiger partial charge < -0.3 is 15.0 Å². The number of aryl methyl sites for hydroxylation is 1. The van der Waals surface area contributed by atoms with Crippen LogP contribution in [0.25, 0.3) is 11.2 Å². The van der Waals surface area contributed by atoms with E-state index in [1.807, 2.05) is 6.92 Å². The molecule has 1 unspecified atom stereocenters. The third-order valence-corrected chi connectivity index (χ3v) is 3.73. The molecule has 2 aromatic rings. The Morgan fingerprint density at radius 1 is 1.35 bits per heavy atom. The van der Waals surface area contributed by atoms with Gasteiger partial charge in [0.05, 0.1) is 12.1 Å². The number of hydrogen-bond acceptors (Lipinski definition) is 5. The number of imidazole rings is 1. The molecule has 0 saturated carbocycles. The number of rotatable bonds is 2. The number of fused-ring (bicyclic) bond motifs is 1. The highest BCUT2D eigenvalue weighted by atomic mass is 16.5. The van der Waals surface area contributed by atoms with Gasteiger partial charge in [-0.3, -0.25) is 13.9 Å². The zero-order valence-corrected chi connectivity index (χ0v) is 11.7. The van der Waals surface area contributed by atoms with Crippen LogP contribution in [0.1, 0.15) is 13.3 Å². The van der Waals surface area contributed by atoms with Crippen molar-refractivity contribution in [2.75, 3.05) is 18.5 Å². The maximum atomic E-state index is 12.1. The Morgan fingerprint density at radius 2 is 2.10 bits per heavy atom. The molecule has 1 saturated heterocycles. The summed E-state index contributed by atoms with van der Waals surface area (Å²) in [5.74, 6) is 0.478. The predicted octanol–water partition coefficient (Wildman–Crippen LogP) is -0.449. The summed E-state index contributed by atoms with van der Waals surface area (Å²) in [7, 11) is 3.04. The van der Waals surface area contributed by atoms with Crippen molar-refractivity contribution in [3.05, 3.63) is 20.8 Å². The molecule has 1 fully saturated rings. The molecule has 2 aromatic heterocycles. The first-order valence-electron chi connectivity index (χ1n) is 6.43. The van der Waals surface area contributed by atoms with Crippen molar-refractivity contribution in [3.8, 4) is 0 Å². The zero-order valence-electron chi connectivity index (χ0n) is 11.7. The van der Waals surface area contributed by atoms with Crippen LogP contribution in [-0.2, 0) is 18.8 Å². The van der Waals surface area contributed by atoms with Crippen LogP contribution in [0.15, 0.2) is 9.59 Å². The largest absolute Gasteiger partial charge is 0.379 e. The van der Waals surface area contributed by atoms with E-state index in [2.05, 4.69) is 15.3 Å². The summed E-state index contributed by atoms with van der Waals surface area (Å²) in [6, 6.07) is 0. The van der Waals surface area contributed by atoms with Gasteiger partial charge in [-0.15, -0.1) is 0 Å². The second-order valence-corrected chi connectivity index (χ2v) is 5.48. The lowest BCUT2D eigenvalue weighted by Gasteiger charge is -2.22. The Kier molecular flexibility index (Phi) is 2.72. The van der Waals surface area contributed by atoms with Gasteiger partial charge in [-0.05, 0) is 13.3 Å². The standard InChI is InChI=1S/C12H17N5O3/c1-12(4-5-20-6-12)15-10-13-7-8(14-10)16(2)11(19)17(3)9(7)18/h4-6H2,1-3H3,(H2,13,14,15). The highest BCUT2D eigenvalue weighted by Gasteiger charge is 2.30. The van der Waals surface area contributed by atoms with E-state index in [0.717, 1.165) is 11.0 Å². The molecule has 0 amide bonds. The first kappa shape index (κ1) is 12.9. The van der Waals surface area contributed by atoms with E-state index in [4.69, 9.17) is 4.74 Å². The Bertz CT molecular complexity index is 779. The SMILES string of the molecule is Cn1c(=O)c2[nH]c(NC3(C)CCOC3)nc2n(C)c1=O. The minimum atomic E-state index is -0.393. The number of hydrogen-bond donors (Lipinski definition) is 2. The quantitative estimate of drug-likeness (QED) is 0.776. The monoisotopic (exact) mass is 279 g/mol. The molecule has 108 valence electrons. The molecule has 0 bridgehead atoms. The number of aromatic nitrogens is 4. The molecule has 1 atom stereocenters. The molecule has 1 aliphatic rings. The summed E-state index contributed by atoms with van der Waals surface area (Å²) in [5, 5.41) is 3.24. The van der Waals surface area contributed by atoms with Crippen LogP contribution in [0.3, 0.4) is 0 Å². The van der Waals surface area contributed by atoms with Gasteiger partial charge in [-0.25, -0.2) is 4.79 Å². The Morgan fingerprint density at radius 3 is 2.75 bits per heavy atom. The summed E-state index contributed by atoms with van der Waals surface area (Å²) in [6.45, 7) is 3.31. The fourth-order valence-electron chi connectivity index (χ4n) is 2.44. The van der Waals surface area contributed by atoms with Gasteiger partial charge in [0.1, 0.15) is 0 Å². The zero-order chi connectivity index (χ0) is 14.5. The van der Waals surface area contributed by atoms with Crippen LogP contribution < -0.4 is 16.6 Å². The number of anilines is 1. The van der Waals surface area contributed by atoms with Gasteiger partial charge >= 0.3 is 5.69 Å². The first-order valence-corrected chi connectivity index (χ1v) is 6.43. The minimum Gasteiger partial charge on any atom is -0.379 e. The third kappa shape index (κ3) is 1.83. The first-order chi connectivity index (χ1) is 9.41. The summed E-state index contributed by atoms with van der Waals surface area (Å²) < 4.78 is 7.78. The molecule has 8 heteroatoms. The Hall–Kier alpha value is -2.09. The second-order valence-electron chi connectivity index (χ2n) is 5.48. The van der Waals surface area contributed by atoms with Crippen molar-refractivity contribution in [1.82, 2.24) is 19.1 Å². The summed E-state index contributed by atoms with van der Waals surface area (Å²) in [4.78, 5) is 31.2. The average molecular weight is 279 g/mol. The average Bonchev–Trinajstić information content (AvgIpc) is 3.01. The molecule has 0 spiro atoms. The van der Waals surface area contributed by atoms with E-state index in [9.17, 15) is 9.59 Å². The van der Waals surface area contributed by atoms with E-state index < -0.39 is 5.69 Å². The van der Waals surface area contributed by atoms with Crippen LogP contribution in [0.5, 0.6) is 0 Å². The molecule has 0 aromatic carbocycles. The predicted molar refractivity (Wildman–Crippen MR) is 74.0 cm³/mol. The topological polar surface area (TPSA) is 93.9 Å². The summed E-state index contributed by atoms with van der Waals surface area (Å²) in [6.07, 6.45) is 0.862. The van der Waals surface area contributed by atoms with E-state index >= 15 is 0 Å². The smallest absolute Gasteiger partial charge is 0.332 e. The normalized spacial score (nSPS) is 22.6. The number of aromatic amines is 1. The Balaban J connectivity index is 2.12. The van der Waals surface area contributed by atoms with Crippen LogP contribution in [0.4, 0.5) is 5.95 Å². The van der Waals surface area contributed by atoms with Gasteiger partial charge in [0.15, 0.2) is 11.2 Å². The van der Waals surface area contributed by atoms with Crippen LogP contribution >= 0.6 is 0 Å². The molecule has 0 aliphatic carbocycles. The molecule has 2 N–H and O–H groups in total. The molecular formula is C12H17N5O3. The van der Waals surface area contributed by atoms with Crippen LogP contribution in [0.2, 0.25) is 0 Å². The second kappa shape index (κ2) is 4.20. The van der Waals surface area contributed by atoms with Crippen LogP contribution in [-0.4, -0.2) is 37.9 Å². The Labute approximate surface area is 114 Å². The highest BCUT2D eigenvalue weighted by molar-refractivity contribution is 5.72. The molecule has 8 nitrogen and oxygen atoms in total. The van der Waals surface area contributed by atoms with Crippen molar-refractivity contribution in [3.63, 3.8) is 0 Å². The van der Waals surface area contributed by atoms with E-state index in [1.165, 1.54) is 11.6 Å². The molecule has 20 heavy (non-hydrogen) atoms. The van der Waals surface area contributed by atoms with Gasteiger partial charge in [0, 0.05) is 20.7 Å². The van der Waals surface area contributed by atoms with Crippen molar-refractivity contribution in [2.45, 2.75) is 18.9 Å². The molecular weight excluding hydrogens is 262 g/mol. The van der Waals surface area contributed by atoms with Crippen LogP contribution in [0, 0.1) is 0 Å². The molecule has 3 heterocycles. The summed E-state index contributed by atoms with van der Waals surface area (Å²) in [5.41, 5.74) is -0.312. The van der Waals surface area contributed by atoms with E-state index in [1.54, 1.807) is 7.05 Å². The molecule has 0 radical (unpaired) electrons. The maximum Gasteiger partial charge on any atom is 0.332 e. The number of nitrogens with one attached hydrogen (secondary N) is 2.